The Hall–Kier alpha value is -6.90. The van der Waals surface area contributed by atoms with Crippen LogP contribution in [0.1, 0.15) is 0 Å². The second-order valence-electron chi connectivity index (χ2n) is 13.3. The van der Waals surface area contributed by atoms with Crippen molar-refractivity contribution in [2.24, 2.45) is 0 Å². The van der Waals surface area contributed by atoms with Crippen molar-refractivity contribution in [3.8, 4) is 33.4 Å². The van der Waals surface area contributed by atoms with E-state index in [-0.39, 0.29) is 0 Å². The third-order valence-electron chi connectivity index (χ3n) is 10.3. The Morgan fingerprint density at radius 2 is 0.885 bits per heavy atom. The molecule has 0 spiro atoms. The molecule has 0 bridgehead atoms. The first-order valence-electron chi connectivity index (χ1n) is 17.8. The van der Waals surface area contributed by atoms with Gasteiger partial charge < -0.3 is 9.32 Å². The number of para-hydroxylation sites is 2. The monoisotopic (exact) mass is 663 g/mol. The van der Waals surface area contributed by atoms with Gasteiger partial charge in [-0.05, 0) is 97.9 Å². The number of hydrogen-bond acceptors (Lipinski definition) is 2. The molecule has 0 amide bonds. The Bertz CT molecular complexity index is 2890. The van der Waals surface area contributed by atoms with Gasteiger partial charge in [0.25, 0.3) is 0 Å². The first kappa shape index (κ1) is 30.0. The van der Waals surface area contributed by atoms with Gasteiger partial charge in [-0.3, -0.25) is 0 Å². The molecule has 0 saturated heterocycles. The van der Waals surface area contributed by atoms with E-state index in [1.807, 2.05) is 12.1 Å². The molecular formula is C50H33NO. The number of hydrogen-bond donors (Lipinski definition) is 0. The number of benzene rings is 9. The van der Waals surface area contributed by atoms with Gasteiger partial charge in [-0.2, -0.15) is 0 Å². The predicted octanol–water partition coefficient (Wildman–Crippen LogP) is 14.4. The van der Waals surface area contributed by atoms with Gasteiger partial charge in [0.1, 0.15) is 11.2 Å². The minimum absolute atomic E-state index is 0.912. The maximum atomic E-state index is 6.28. The van der Waals surface area contributed by atoms with Crippen molar-refractivity contribution in [3.05, 3.63) is 200 Å². The Balaban J connectivity index is 1.20. The van der Waals surface area contributed by atoms with Crippen molar-refractivity contribution in [3.63, 3.8) is 0 Å². The minimum atomic E-state index is 0.912. The number of nitrogens with zero attached hydrogens (tertiary/aromatic N) is 1. The maximum absolute atomic E-state index is 6.28. The zero-order valence-corrected chi connectivity index (χ0v) is 28.4. The van der Waals surface area contributed by atoms with Gasteiger partial charge in [0.05, 0.1) is 5.69 Å². The quantitative estimate of drug-likeness (QED) is 0.165. The summed E-state index contributed by atoms with van der Waals surface area (Å²) in [4.78, 5) is 2.41. The average Bonchev–Trinajstić information content (AvgIpc) is 3.59. The maximum Gasteiger partial charge on any atom is 0.136 e. The molecule has 2 nitrogen and oxygen atoms in total. The molecule has 0 fully saturated rings. The predicted molar refractivity (Wildman–Crippen MR) is 220 cm³/mol. The van der Waals surface area contributed by atoms with Gasteiger partial charge >= 0.3 is 0 Å². The lowest BCUT2D eigenvalue weighted by molar-refractivity contribution is 0.669. The summed E-state index contributed by atoms with van der Waals surface area (Å²) in [6.45, 7) is 0. The average molecular weight is 664 g/mol. The molecule has 244 valence electrons. The van der Waals surface area contributed by atoms with Crippen LogP contribution in [0.2, 0.25) is 0 Å². The highest BCUT2D eigenvalue weighted by Gasteiger charge is 2.20. The fourth-order valence-electron chi connectivity index (χ4n) is 7.74. The largest absolute Gasteiger partial charge is 0.456 e. The van der Waals surface area contributed by atoms with Gasteiger partial charge in [0.2, 0.25) is 0 Å². The second kappa shape index (κ2) is 12.5. The van der Waals surface area contributed by atoms with Gasteiger partial charge in [0, 0.05) is 27.7 Å². The topological polar surface area (TPSA) is 16.4 Å². The molecule has 2 heteroatoms. The van der Waals surface area contributed by atoms with E-state index in [4.69, 9.17) is 4.42 Å². The van der Waals surface area contributed by atoms with Crippen molar-refractivity contribution in [2.75, 3.05) is 4.90 Å². The number of anilines is 3. The molecular weight excluding hydrogens is 631 g/mol. The van der Waals surface area contributed by atoms with Crippen molar-refractivity contribution < 1.29 is 4.42 Å². The van der Waals surface area contributed by atoms with Crippen LogP contribution in [0.4, 0.5) is 17.1 Å². The summed E-state index contributed by atoms with van der Waals surface area (Å²) in [6, 6.07) is 71.8. The molecule has 10 rings (SSSR count). The molecule has 0 atom stereocenters. The molecule has 1 heterocycles. The highest BCUT2D eigenvalue weighted by molar-refractivity contribution is 6.17. The van der Waals surface area contributed by atoms with Crippen LogP contribution < -0.4 is 4.90 Å². The first-order chi connectivity index (χ1) is 25.8. The third-order valence-corrected chi connectivity index (χ3v) is 10.3. The van der Waals surface area contributed by atoms with E-state index in [9.17, 15) is 0 Å². The van der Waals surface area contributed by atoms with E-state index in [1.165, 1.54) is 49.5 Å². The fourth-order valence-corrected chi connectivity index (χ4v) is 7.74. The SMILES string of the molecule is c1ccc(-c2ccc(N(c3ccc4ccc5cc6oc7ccccc7c6cc5c4c3)c3ccccc3-c3ccccc3-c3ccccc3)cc2)cc1. The zero-order valence-electron chi connectivity index (χ0n) is 28.4. The molecule has 10 aromatic rings. The van der Waals surface area contributed by atoms with Crippen molar-refractivity contribution >= 4 is 60.5 Å². The molecule has 0 radical (unpaired) electrons. The fraction of sp³-hybridized carbons (Fsp3) is 0. The lowest BCUT2D eigenvalue weighted by Gasteiger charge is -2.29. The van der Waals surface area contributed by atoms with E-state index in [0.717, 1.165) is 44.4 Å². The smallest absolute Gasteiger partial charge is 0.136 e. The van der Waals surface area contributed by atoms with E-state index >= 15 is 0 Å². The lowest BCUT2D eigenvalue weighted by atomic mass is 9.93. The second-order valence-corrected chi connectivity index (χ2v) is 13.3. The summed E-state index contributed by atoms with van der Waals surface area (Å²) >= 11 is 0. The lowest BCUT2D eigenvalue weighted by Crippen LogP contribution is -2.11. The van der Waals surface area contributed by atoms with Crippen LogP contribution in [0.3, 0.4) is 0 Å². The van der Waals surface area contributed by atoms with Gasteiger partial charge in [0.15, 0.2) is 0 Å². The highest BCUT2D eigenvalue weighted by atomic mass is 16.3. The Morgan fingerprint density at radius 3 is 1.69 bits per heavy atom. The van der Waals surface area contributed by atoms with Crippen LogP contribution in [0.25, 0.3) is 76.9 Å². The van der Waals surface area contributed by atoms with E-state index in [2.05, 4.69) is 193 Å². The number of fused-ring (bicyclic) bond motifs is 6. The molecule has 0 aliphatic carbocycles. The molecule has 1 aromatic heterocycles. The summed E-state index contributed by atoms with van der Waals surface area (Å²) in [7, 11) is 0. The summed E-state index contributed by atoms with van der Waals surface area (Å²) in [5.41, 5.74) is 12.3. The Morgan fingerprint density at radius 1 is 0.308 bits per heavy atom. The molecule has 0 aliphatic heterocycles. The number of rotatable bonds is 6. The van der Waals surface area contributed by atoms with Crippen molar-refractivity contribution in [1.29, 1.82) is 0 Å². The first-order valence-corrected chi connectivity index (χ1v) is 17.8. The van der Waals surface area contributed by atoms with Crippen LogP contribution in [0.15, 0.2) is 205 Å². The molecule has 0 N–H and O–H groups in total. The minimum Gasteiger partial charge on any atom is -0.456 e. The van der Waals surface area contributed by atoms with Crippen molar-refractivity contribution in [1.82, 2.24) is 0 Å². The Kier molecular flexibility index (Phi) is 7.18. The molecule has 52 heavy (non-hydrogen) atoms. The van der Waals surface area contributed by atoms with Gasteiger partial charge in [-0.1, -0.05) is 152 Å². The summed E-state index contributed by atoms with van der Waals surface area (Å²) in [5, 5.41) is 7.05. The molecule has 9 aromatic carbocycles. The van der Waals surface area contributed by atoms with Crippen LogP contribution in [-0.2, 0) is 0 Å². The van der Waals surface area contributed by atoms with E-state index in [1.54, 1.807) is 0 Å². The molecule has 0 unspecified atom stereocenters. The highest BCUT2D eigenvalue weighted by Crippen LogP contribution is 2.45. The van der Waals surface area contributed by atoms with Crippen LogP contribution in [0.5, 0.6) is 0 Å². The molecule has 0 saturated carbocycles. The van der Waals surface area contributed by atoms with Crippen molar-refractivity contribution in [2.45, 2.75) is 0 Å². The third kappa shape index (κ3) is 5.12. The number of furan rings is 1. The summed E-state index contributed by atoms with van der Waals surface area (Å²) in [6.07, 6.45) is 0. The van der Waals surface area contributed by atoms with Gasteiger partial charge in [-0.25, -0.2) is 0 Å². The van der Waals surface area contributed by atoms with E-state index < -0.39 is 0 Å². The Labute approximate surface area is 302 Å². The van der Waals surface area contributed by atoms with Crippen LogP contribution in [0, 0.1) is 0 Å². The summed E-state index contributed by atoms with van der Waals surface area (Å²) < 4.78 is 6.28. The normalized spacial score (nSPS) is 11.5. The van der Waals surface area contributed by atoms with E-state index in [0.29, 0.717) is 0 Å². The standard InChI is InChI=1S/C50H33NO/c1-3-13-34(14-4-1)35-25-28-39(29-26-35)51(48-21-11-9-19-43(48)42-18-8-7-17-41(42)36-15-5-2-6-16-36)40-30-27-37-23-24-38-31-50-47(33-46(38)45(37)32-40)44-20-10-12-22-49(44)52-50/h1-33H. The van der Waals surface area contributed by atoms with Crippen LogP contribution >= 0.6 is 0 Å². The zero-order chi connectivity index (χ0) is 34.4. The van der Waals surface area contributed by atoms with Crippen LogP contribution in [-0.4, -0.2) is 0 Å². The van der Waals surface area contributed by atoms with Gasteiger partial charge in [-0.15, -0.1) is 0 Å². The summed E-state index contributed by atoms with van der Waals surface area (Å²) in [5.74, 6) is 0. The molecule has 0 aliphatic rings.